The van der Waals surface area contributed by atoms with Crippen molar-refractivity contribution in [3.63, 3.8) is 0 Å². The number of thioether (sulfide) groups is 1. The maximum atomic E-state index is 12.3. The minimum Gasteiger partial charge on any atom is -0.497 e. The van der Waals surface area contributed by atoms with Gasteiger partial charge in [0.25, 0.3) is 0 Å². The third-order valence-electron chi connectivity index (χ3n) is 3.95. The van der Waals surface area contributed by atoms with Gasteiger partial charge in [-0.3, -0.25) is 4.79 Å². The molecule has 1 heterocycles. The molecule has 0 fully saturated rings. The normalized spacial score (nSPS) is 10.8. The summed E-state index contributed by atoms with van der Waals surface area (Å²) in [5, 5.41) is 10.8. The molecule has 7 heteroatoms. The van der Waals surface area contributed by atoms with Crippen molar-refractivity contribution in [2.45, 2.75) is 11.7 Å². The van der Waals surface area contributed by atoms with Gasteiger partial charge in [0.2, 0.25) is 5.91 Å². The lowest BCUT2D eigenvalue weighted by molar-refractivity contribution is -0.127. The van der Waals surface area contributed by atoms with Crippen LogP contribution in [0.4, 0.5) is 0 Å². The second-order valence-electron chi connectivity index (χ2n) is 5.81. The summed E-state index contributed by atoms with van der Waals surface area (Å²) in [6.07, 6.45) is 1.63. The molecule has 25 heavy (non-hydrogen) atoms. The number of carbonyl (C=O) groups excluding carboxylic acids is 1. The Labute approximate surface area is 150 Å². The van der Waals surface area contributed by atoms with E-state index in [0.717, 1.165) is 27.2 Å². The van der Waals surface area contributed by atoms with Gasteiger partial charge in [-0.05, 0) is 34.5 Å². The Kier molecular flexibility index (Phi) is 5.23. The van der Waals surface area contributed by atoms with Crippen LogP contribution in [0.5, 0.6) is 5.75 Å². The van der Waals surface area contributed by atoms with E-state index < -0.39 is 0 Å². The molecule has 130 valence electrons. The van der Waals surface area contributed by atoms with Crippen LogP contribution in [-0.4, -0.2) is 45.5 Å². The molecule has 3 rings (SSSR count). The molecule has 6 nitrogen and oxygen atoms in total. The number of amides is 1. The van der Waals surface area contributed by atoms with Gasteiger partial charge in [-0.25, -0.2) is 0 Å². The number of ether oxygens (including phenoxy) is 1. The van der Waals surface area contributed by atoms with Crippen LogP contribution in [0.1, 0.15) is 5.56 Å². The van der Waals surface area contributed by atoms with Crippen molar-refractivity contribution in [3.8, 4) is 5.75 Å². The number of aromatic nitrogens is 3. The van der Waals surface area contributed by atoms with Crippen molar-refractivity contribution < 1.29 is 9.53 Å². The van der Waals surface area contributed by atoms with Crippen molar-refractivity contribution >= 4 is 28.4 Å². The van der Waals surface area contributed by atoms with Crippen LogP contribution >= 0.6 is 11.8 Å². The third kappa shape index (κ3) is 4.11. The molecule has 0 saturated heterocycles. The molecule has 3 aromatic rings. The lowest BCUT2D eigenvalue weighted by Gasteiger charge is -2.17. The fourth-order valence-electron chi connectivity index (χ4n) is 2.50. The van der Waals surface area contributed by atoms with E-state index in [4.69, 9.17) is 4.74 Å². The Bertz CT molecular complexity index is 894. The topological polar surface area (TPSA) is 60.2 Å². The molecule has 0 N–H and O–H groups in total. The zero-order chi connectivity index (χ0) is 17.8. The summed E-state index contributed by atoms with van der Waals surface area (Å²) in [5.41, 5.74) is 1.09. The summed E-state index contributed by atoms with van der Waals surface area (Å²) in [7, 11) is 5.34. The average Bonchev–Trinajstić information content (AvgIpc) is 3.04. The standard InChI is InChI=1S/C18H20N4O2S/c1-21(17(23)11-25-18-20-19-12-22(18)2)10-13-4-5-15-9-16(24-3)7-6-14(15)8-13/h4-9,12H,10-11H2,1-3H3. The highest BCUT2D eigenvalue weighted by atomic mass is 32.2. The van der Waals surface area contributed by atoms with Crippen molar-refractivity contribution in [2.24, 2.45) is 7.05 Å². The van der Waals surface area contributed by atoms with Crippen LogP contribution in [-0.2, 0) is 18.4 Å². The molecule has 0 spiro atoms. The average molecular weight is 356 g/mol. The van der Waals surface area contributed by atoms with E-state index in [2.05, 4.69) is 22.3 Å². The number of hydrogen-bond donors (Lipinski definition) is 0. The molecule has 0 bridgehead atoms. The largest absolute Gasteiger partial charge is 0.497 e. The van der Waals surface area contributed by atoms with E-state index >= 15 is 0 Å². The zero-order valence-electron chi connectivity index (χ0n) is 14.5. The summed E-state index contributed by atoms with van der Waals surface area (Å²) in [6, 6.07) is 12.2. The SMILES string of the molecule is COc1ccc2cc(CN(C)C(=O)CSc3nncn3C)ccc2c1. The first kappa shape index (κ1) is 17.3. The Morgan fingerprint density at radius 2 is 2.00 bits per heavy atom. The smallest absolute Gasteiger partial charge is 0.233 e. The Morgan fingerprint density at radius 3 is 2.72 bits per heavy atom. The molecule has 0 aliphatic heterocycles. The van der Waals surface area contributed by atoms with E-state index in [9.17, 15) is 4.79 Å². The van der Waals surface area contributed by atoms with E-state index in [1.165, 1.54) is 11.8 Å². The van der Waals surface area contributed by atoms with Gasteiger partial charge in [0.15, 0.2) is 5.16 Å². The van der Waals surface area contributed by atoms with Crippen molar-refractivity contribution in [1.29, 1.82) is 0 Å². The molecule has 0 saturated carbocycles. The molecule has 0 aliphatic rings. The molecule has 0 aliphatic carbocycles. The maximum Gasteiger partial charge on any atom is 0.233 e. The molecular formula is C18H20N4O2S. The summed E-state index contributed by atoms with van der Waals surface area (Å²) < 4.78 is 7.05. The minimum absolute atomic E-state index is 0.0582. The first-order chi connectivity index (χ1) is 12.1. The molecule has 1 aromatic heterocycles. The molecular weight excluding hydrogens is 336 g/mol. The lowest BCUT2D eigenvalue weighted by atomic mass is 10.1. The van der Waals surface area contributed by atoms with Crippen molar-refractivity contribution in [3.05, 3.63) is 48.3 Å². The third-order valence-corrected chi connectivity index (χ3v) is 4.97. The van der Waals surface area contributed by atoms with Crippen LogP contribution in [0.2, 0.25) is 0 Å². The quantitative estimate of drug-likeness (QED) is 0.636. The van der Waals surface area contributed by atoms with E-state index in [1.54, 1.807) is 22.9 Å². The number of fused-ring (bicyclic) bond motifs is 1. The van der Waals surface area contributed by atoms with Gasteiger partial charge in [0.05, 0.1) is 12.9 Å². The Balaban J connectivity index is 1.63. The molecule has 1 amide bonds. The monoisotopic (exact) mass is 356 g/mol. The zero-order valence-corrected chi connectivity index (χ0v) is 15.3. The number of carbonyl (C=O) groups is 1. The summed E-state index contributed by atoms with van der Waals surface area (Å²) in [5.74, 6) is 1.24. The number of hydrogen-bond acceptors (Lipinski definition) is 5. The van der Waals surface area contributed by atoms with Gasteiger partial charge in [-0.15, -0.1) is 10.2 Å². The highest BCUT2D eigenvalue weighted by molar-refractivity contribution is 7.99. The van der Waals surface area contributed by atoms with E-state index in [-0.39, 0.29) is 5.91 Å². The van der Waals surface area contributed by atoms with Gasteiger partial charge in [0, 0.05) is 20.6 Å². The number of benzene rings is 2. The van der Waals surface area contributed by atoms with E-state index in [0.29, 0.717) is 12.3 Å². The molecule has 0 unspecified atom stereocenters. The Morgan fingerprint density at radius 1 is 1.24 bits per heavy atom. The maximum absolute atomic E-state index is 12.3. The Hall–Kier alpha value is -2.54. The first-order valence-corrected chi connectivity index (χ1v) is 8.83. The predicted molar refractivity (Wildman–Crippen MR) is 98.7 cm³/mol. The number of nitrogens with zero attached hydrogens (tertiary/aromatic N) is 4. The van der Waals surface area contributed by atoms with Crippen LogP contribution < -0.4 is 4.74 Å². The highest BCUT2D eigenvalue weighted by Gasteiger charge is 2.12. The summed E-state index contributed by atoms with van der Waals surface area (Å²) in [6.45, 7) is 0.570. The van der Waals surface area contributed by atoms with Gasteiger partial charge in [-0.1, -0.05) is 30.0 Å². The van der Waals surface area contributed by atoms with E-state index in [1.807, 2.05) is 38.4 Å². The van der Waals surface area contributed by atoms with Gasteiger partial charge in [-0.2, -0.15) is 0 Å². The lowest BCUT2D eigenvalue weighted by Crippen LogP contribution is -2.27. The van der Waals surface area contributed by atoms with Gasteiger partial charge in [0.1, 0.15) is 12.1 Å². The van der Waals surface area contributed by atoms with Gasteiger partial charge >= 0.3 is 0 Å². The second kappa shape index (κ2) is 7.57. The summed E-state index contributed by atoms with van der Waals surface area (Å²) >= 11 is 1.39. The molecule has 2 aromatic carbocycles. The number of rotatable bonds is 6. The van der Waals surface area contributed by atoms with Crippen LogP contribution in [0, 0.1) is 0 Å². The first-order valence-electron chi connectivity index (χ1n) is 7.84. The van der Waals surface area contributed by atoms with Crippen LogP contribution in [0.15, 0.2) is 47.9 Å². The minimum atomic E-state index is 0.0582. The van der Waals surface area contributed by atoms with Gasteiger partial charge < -0.3 is 14.2 Å². The van der Waals surface area contributed by atoms with Crippen LogP contribution in [0.3, 0.4) is 0 Å². The van der Waals surface area contributed by atoms with Crippen molar-refractivity contribution in [2.75, 3.05) is 19.9 Å². The predicted octanol–water partition coefficient (Wildman–Crippen LogP) is 2.73. The fourth-order valence-corrected chi connectivity index (χ4v) is 3.33. The van der Waals surface area contributed by atoms with Crippen LogP contribution in [0.25, 0.3) is 10.8 Å². The summed E-state index contributed by atoms with van der Waals surface area (Å²) in [4.78, 5) is 14.1. The highest BCUT2D eigenvalue weighted by Crippen LogP contribution is 2.22. The second-order valence-corrected chi connectivity index (χ2v) is 6.75. The van der Waals surface area contributed by atoms with Crippen molar-refractivity contribution in [1.82, 2.24) is 19.7 Å². The molecule has 0 radical (unpaired) electrons. The number of methoxy groups -OCH3 is 1. The fraction of sp³-hybridized carbons (Fsp3) is 0.278. The number of aryl methyl sites for hydroxylation is 1. The molecule has 0 atom stereocenters.